The van der Waals surface area contributed by atoms with Gasteiger partial charge in [0.1, 0.15) is 5.83 Å². The molecule has 0 aliphatic heterocycles. The van der Waals surface area contributed by atoms with Crippen LogP contribution in [0.1, 0.15) is 54.4 Å². The Bertz CT molecular complexity index is 548. The molecule has 0 spiro atoms. The highest BCUT2D eigenvalue weighted by molar-refractivity contribution is 5.39. The molecule has 0 bridgehead atoms. The molecule has 0 N–H and O–H groups in total. The maximum atomic E-state index is 14.6. The molecule has 0 aromatic heterocycles. The Hall–Kier alpha value is -1.43. The number of hydrogen-bond acceptors (Lipinski definition) is 1. The fourth-order valence-corrected chi connectivity index (χ4v) is 3.05. The molecule has 1 rings (SSSR count). The monoisotopic (exact) mass is 321 g/mol. The predicted molar refractivity (Wildman–Crippen MR) is 91.7 cm³/mol. The van der Waals surface area contributed by atoms with E-state index in [1.165, 1.54) is 0 Å². The summed E-state index contributed by atoms with van der Waals surface area (Å²) in [6.07, 6.45) is 3.82. The smallest absolute Gasteiger partial charge is 0.118 e. The Morgan fingerprint density at radius 1 is 1.30 bits per heavy atom. The lowest BCUT2D eigenvalue weighted by atomic mass is 9.77. The van der Waals surface area contributed by atoms with Crippen LogP contribution in [0.2, 0.25) is 0 Å². The zero-order valence-corrected chi connectivity index (χ0v) is 15.2. The van der Waals surface area contributed by atoms with E-state index in [-0.39, 0.29) is 47.7 Å². The van der Waals surface area contributed by atoms with Crippen molar-refractivity contribution in [2.24, 2.45) is 29.6 Å². The van der Waals surface area contributed by atoms with Crippen LogP contribution in [0.25, 0.3) is 0 Å². The Morgan fingerprint density at radius 3 is 2.43 bits per heavy atom. The fourth-order valence-electron chi connectivity index (χ4n) is 3.05. The summed E-state index contributed by atoms with van der Waals surface area (Å²) in [5.41, 5.74) is 1.43. The highest BCUT2D eigenvalue weighted by Gasteiger charge is 2.27. The van der Waals surface area contributed by atoms with Gasteiger partial charge in [0.15, 0.2) is 0 Å². The highest BCUT2D eigenvalue weighted by Crippen LogP contribution is 2.38. The number of nitrogens with zero attached hydrogens (tertiary/aromatic N) is 1. The summed E-state index contributed by atoms with van der Waals surface area (Å²) in [6, 6.07) is 1.90. The largest absolute Gasteiger partial charge is 0.212 e. The Labute approximate surface area is 139 Å². The second kappa shape index (κ2) is 8.43. The van der Waals surface area contributed by atoms with Gasteiger partial charge >= 0.3 is 0 Å². The normalized spacial score (nSPS) is 32.6. The molecule has 1 nitrogen and oxygen atoms in total. The molecule has 0 fully saturated rings. The molecule has 0 amide bonds. The minimum absolute atomic E-state index is 0.00887. The maximum Gasteiger partial charge on any atom is 0.118 e. The van der Waals surface area contributed by atoms with Gasteiger partial charge in [0, 0.05) is 5.92 Å². The lowest BCUT2D eigenvalue weighted by Gasteiger charge is -2.29. The van der Waals surface area contributed by atoms with E-state index in [4.69, 9.17) is 5.26 Å². The van der Waals surface area contributed by atoms with Crippen molar-refractivity contribution in [3.05, 3.63) is 35.0 Å². The SMILES string of the molecule is CC(C)[C@@H](C)C(=C(/F)CC#N)/C1=C/[C@@H](C)[C@H](C)[C@H](C)/C(F)=C\C1. The van der Waals surface area contributed by atoms with Crippen molar-refractivity contribution >= 4 is 0 Å². The van der Waals surface area contributed by atoms with Crippen molar-refractivity contribution in [1.29, 1.82) is 5.26 Å². The first kappa shape index (κ1) is 19.6. The molecule has 0 aromatic rings. The van der Waals surface area contributed by atoms with Gasteiger partial charge in [-0.25, -0.2) is 8.78 Å². The van der Waals surface area contributed by atoms with E-state index in [1.807, 2.05) is 40.7 Å². The van der Waals surface area contributed by atoms with Crippen LogP contribution >= 0.6 is 0 Å². The van der Waals surface area contributed by atoms with Crippen LogP contribution in [0.4, 0.5) is 8.78 Å². The summed E-state index contributed by atoms with van der Waals surface area (Å²) in [6.45, 7) is 12.0. The summed E-state index contributed by atoms with van der Waals surface area (Å²) in [4.78, 5) is 0. The van der Waals surface area contributed by atoms with Crippen molar-refractivity contribution < 1.29 is 8.78 Å². The van der Waals surface area contributed by atoms with Gasteiger partial charge in [-0.1, -0.05) is 47.6 Å². The lowest BCUT2D eigenvalue weighted by Crippen LogP contribution is -2.19. The molecule has 128 valence electrons. The molecule has 0 saturated heterocycles. The predicted octanol–water partition coefficient (Wildman–Crippen LogP) is 6.51. The van der Waals surface area contributed by atoms with Crippen molar-refractivity contribution in [2.75, 3.05) is 0 Å². The summed E-state index contributed by atoms with van der Waals surface area (Å²) < 4.78 is 28.9. The summed E-state index contributed by atoms with van der Waals surface area (Å²) >= 11 is 0. The first-order valence-electron chi connectivity index (χ1n) is 8.52. The van der Waals surface area contributed by atoms with Crippen LogP contribution in [0.3, 0.4) is 0 Å². The number of halogens is 2. The van der Waals surface area contributed by atoms with Crippen molar-refractivity contribution in [3.8, 4) is 6.07 Å². The molecule has 0 unspecified atom stereocenters. The van der Waals surface area contributed by atoms with E-state index < -0.39 is 0 Å². The number of rotatable bonds is 4. The molecule has 1 aliphatic rings. The van der Waals surface area contributed by atoms with Crippen LogP contribution in [-0.2, 0) is 0 Å². The summed E-state index contributed by atoms with van der Waals surface area (Å²) in [7, 11) is 0. The summed E-state index contributed by atoms with van der Waals surface area (Å²) in [5, 5.41) is 8.86. The average Bonchev–Trinajstić information content (AvgIpc) is 2.49. The van der Waals surface area contributed by atoms with Gasteiger partial charge in [0.25, 0.3) is 0 Å². The third-order valence-electron chi connectivity index (χ3n) is 5.36. The van der Waals surface area contributed by atoms with Crippen LogP contribution < -0.4 is 0 Å². The van der Waals surface area contributed by atoms with Gasteiger partial charge in [-0.05, 0) is 47.3 Å². The second-order valence-corrected chi connectivity index (χ2v) is 7.18. The minimum Gasteiger partial charge on any atom is -0.212 e. The van der Waals surface area contributed by atoms with Gasteiger partial charge in [0.05, 0.1) is 18.3 Å². The Morgan fingerprint density at radius 2 is 1.91 bits per heavy atom. The molecular formula is C20H29F2N. The molecule has 0 saturated carbocycles. The lowest BCUT2D eigenvalue weighted by molar-refractivity contribution is 0.310. The van der Waals surface area contributed by atoms with Gasteiger partial charge in [0.2, 0.25) is 0 Å². The van der Waals surface area contributed by atoms with Crippen molar-refractivity contribution in [3.63, 3.8) is 0 Å². The third-order valence-corrected chi connectivity index (χ3v) is 5.36. The van der Waals surface area contributed by atoms with Crippen molar-refractivity contribution in [2.45, 2.75) is 54.4 Å². The van der Waals surface area contributed by atoms with E-state index in [0.29, 0.717) is 12.0 Å². The van der Waals surface area contributed by atoms with Crippen LogP contribution in [0.5, 0.6) is 0 Å². The molecule has 1 aliphatic carbocycles. The number of nitriles is 1. The van der Waals surface area contributed by atoms with Gasteiger partial charge in [-0.2, -0.15) is 5.26 Å². The van der Waals surface area contributed by atoms with E-state index in [0.717, 1.165) is 5.57 Å². The highest BCUT2D eigenvalue weighted by atomic mass is 19.1. The average molecular weight is 321 g/mol. The topological polar surface area (TPSA) is 23.8 Å². The zero-order valence-electron chi connectivity index (χ0n) is 15.2. The number of hydrogen-bond donors (Lipinski definition) is 0. The Kier molecular flexibility index (Phi) is 7.19. The molecule has 0 radical (unpaired) electrons. The summed E-state index contributed by atoms with van der Waals surface area (Å²) in [5.74, 6) is -0.0669. The van der Waals surface area contributed by atoms with Gasteiger partial charge in [-0.3, -0.25) is 0 Å². The molecule has 0 aromatic carbocycles. The van der Waals surface area contributed by atoms with Crippen LogP contribution in [-0.4, -0.2) is 0 Å². The molecular weight excluding hydrogens is 292 g/mol. The molecule has 3 heteroatoms. The molecule has 0 heterocycles. The molecule has 23 heavy (non-hydrogen) atoms. The number of allylic oxidation sites excluding steroid dienone is 6. The fraction of sp³-hybridized carbons (Fsp3) is 0.650. The van der Waals surface area contributed by atoms with E-state index in [1.54, 1.807) is 6.08 Å². The van der Waals surface area contributed by atoms with Gasteiger partial charge in [-0.15, -0.1) is 0 Å². The van der Waals surface area contributed by atoms with Crippen LogP contribution in [0, 0.1) is 40.9 Å². The van der Waals surface area contributed by atoms with Crippen molar-refractivity contribution in [1.82, 2.24) is 0 Å². The third kappa shape index (κ3) is 4.77. The first-order chi connectivity index (χ1) is 10.7. The Balaban J connectivity index is 3.38. The molecule has 4 atom stereocenters. The van der Waals surface area contributed by atoms with E-state index >= 15 is 0 Å². The minimum atomic E-state index is -0.373. The van der Waals surface area contributed by atoms with E-state index in [2.05, 4.69) is 13.0 Å². The maximum absolute atomic E-state index is 14.6. The van der Waals surface area contributed by atoms with E-state index in [9.17, 15) is 8.78 Å². The van der Waals surface area contributed by atoms with Crippen LogP contribution in [0.15, 0.2) is 35.0 Å². The quantitative estimate of drug-likeness (QED) is 0.579. The zero-order chi connectivity index (χ0) is 17.7. The first-order valence-corrected chi connectivity index (χ1v) is 8.52. The second-order valence-electron chi connectivity index (χ2n) is 7.18. The van der Waals surface area contributed by atoms with Gasteiger partial charge < -0.3 is 0 Å². The standard InChI is InChI=1S/C20H29F2N/c1-12(2)14(4)20(19(22)9-10-23)17-7-8-18(21)16(6)15(5)13(3)11-17/h8,11-16H,7,9H2,1-6H3/b17-11+,18-8+,20-19-/t13-,14-,15+,16+/m1/s1.